The van der Waals surface area contributed by atoms with Crippen molar-refractivity contribution in [3.63, 3.8) is 0 Å². The summed E-state index contributed by atoms with van der Waals surface area (Å²) in [6, 6.07) is 16.8. The van der Waals surface area contributed by atoms with Gasteiger partial charge in [-0.2, -0.15) is 0 Å². The number of aryl methyl sites for hydroxylation is 3. The highest BCUT2D eigenvalue weighted by Crippen LogP contribution is 2.14. The third-order valence-corrected chi connectivity index (χ3v) is 3.57. The van der Waals surface area contributed by atoms with Crippen molar-refractivity contribution in [2.45, 2.75) is 39.2 Å². The van der Waals surface area contributed by atoms with E-state index in [0.29, 0.717) is 0 Å². The van der Waals surface area contributed by atoms with Gasteiger partial charge in [-0.25, -0.2) is 0 Å². The van der Waals surface area contributed by atoms with E-state index in [-0.39, 0.29) is 6.10 Å². The lowest BCUT2D eigenvalue weighted by Crippen LogP contribution is -2.12. The molecular weight excluding hydrogens is 232 g/mol. The first-order valence-electron chi connectivity index (χ1n) is 6.93. The third-order valence-electron chi connectivity index (χ3n) is 3.57. The second kappa shape index (κ2) is 6.53. The lowest BCUT2D eigenvalue weighted by atomic mass is 9.98. The third kappa shape index (κ3) is 4.22. The van der Waals surface area contributed by atoms with Crippen molar-refractivity contribution < 1.29 is 5.11 Å². The molecule has 0 bridgehead atoms. The molecule has 1 atom stereocenters. The fraction of sp³-hybridized carbons (Fsp3) is 0.333. The molecule has 0 fully saturated rings. The molecule has 2 aromatic carbocycles. The molecule has 0 aliphatic rings. The van der Waals surface area contributed by atoms with Crippen molar-refractivity contribution in [3.05, 3.63) is 70.8 Å². The van der Waals surface area contributed by atoms with Crippen LogP contribution in [0.3, 0.4) is 0 Å². The van der Waals surface area contributed by atoms with E-state index in [1.165, 1.54) is 22.3 Å². The first-order valence-corrected chi connectivity index (χ1v) is 6.93. The molecule has 0 radical (unpaired) electrons. The van der Waals surface area contributed by atoms with Crippen LogP contribution in [-0.4, -0.2) is 11.2 Å². The zero-order valence-corrected chi connectivity index (χ0v) is 11.8. The van der Waals surface area contributed by atoms with E-state index in [1.54, 1.807) is 0 Å². The van der Waals surface area contributed by atoms with Crippen molar-refractivity contribution in [3.8, 4) is 0 Å². The van der Waals surface area contributed by atoms with Crippen molar-refractivity contribution in [1.29, 1.82) is 0 Å². The zero-order chi connectivity index (χ0) is 13.7. The molecule has 100 valence electrons. The molecule has 0 aliphatic carbocycles. The first-order chi connectivity index (χ1) is 9.15. The van der Waals surface area contributed by atoms with Crippen LogP contribution in [-0.2, 0) is 12.8 Å². The summed E-state index contributed by atoms with van der Waals surface area (Å²) in [4.78, 5) is 0. The predicted molar refractivity (Wildman–Crippen MR) is 80.4 cm³/mol. The summed E-state index contributed by atoms with van der Waals surface area (Å²) in [5.41, 5.74) is 5.10. The average Bonchev–Trinajstić information content (AvgIpc) is 2.39. The number of aliphatic hydroxyl groups excluding tert-OH is 1. The molecule has 19 heavy (non-hydrogen) atoms. The molecule has 0 saturated carbocycles. The second-order valence-corrected chi connectivity index (χ2v) is 5.31. The van der Waals surface area contributed by atoms with Gasteiger partial charge >= 0.3 is 0 Å². The van der Waals surface area contributed by atoms with Crippen LogP contribution in [0, 0.1) is 13.8 Å². The van der Waals surface area contributed by atoms with Gasteiger partial charge in [0.1, 0.15) is 0 Å². The summed E-state index contributed by atoms with van der Waals surface area (Å²) < 4.78 is 0. The Morgan fingerprint density at radius 2 is 1.79 bits per heavy atom. The summed E-state index contributed by atoms with van der Waals surface area (Å²) in [7, 11) is 0. The fourth-order valence-electron chi connectivity index (χ4n) is 2.40. The van der Waals surface area contributed by atoms with E-state index in [1.807, 2.05) is 12.1 Å². The Morgan fingerprint density at radius 3 is 2.53 bits per heavy atom. The van der Waals surface area contributed by atoms with Crippen LogP contribution in [0.2, 0.25) is 0 Å². The van der Waals surface area contributed by atoms with Crippen LogP contribution in [0.1, 0.15) is 28.7 Å². The Kier molecular flexibility index (Phi) is 4.75. The minimum Gasteiger partial charge on any atom is -0.393 e. The normalized spacial score (nSPS) is 12.4. The maximum atomic E-state index is 10.2. The SMILES string of the molecule is Cc1cccc(CCC(O)Cc2ccccc2C)c1. The van der Waals surface area contributed by atoms with Crippen LogP contribution < -0.4 is 0 Å². The molecule has 1 heteroatoms. The van der Waals surface area contributed by atoms with Crippen LogP contribution in [0.15, 0.2) is 48.5 Å². The molecule has 0 aliphatic heterocycles. The van der Waals surface area contributed by atoms with E-state index in [0.717, 1.165) is 19.3 Å². The van der Waals surface area contributed by atoms with E-state index in [9.17, 15) is 5.11 Å². The Morgan fingerprint density at radius 1 is 1.00 bits per heavy atom. The van der Waals surface area contributed by atoms with E-state index in [4.69, 9.17) is 0 Å². The highest BCUT2D eigenvalue weighted by atomic mass is 16.3. The first kappa shape index (κ1) is 13.8. The number of aliphatic hydroxyl groups is 1. The molecule has 0 spiro atoms. The fourth-order valence-corrected chi connectivity index (χ4v) is 2.40. The molecular formula is C18H22O. The number of benzene rings is 2. The summed E-state index contributed by atoms with van der Waals surface area (Å²) in [6.07, 6.45) is 2.24. The van der Waals surface area contributed by atoms with Crippen LogP contribution in [0.4, 0.5) is 0 Å². The molecule has 1 nitrogen and oxygen atoms in total. The minimum absolute atomic E-state index is 0.262. The standard InChI is InChI=1S/C18H22O/c1-14-6-5-8-16(12-14)10-11-18(19)13-17-9-4-3-7-15(17)2/h3-9,12,18-19H,10-11,13H2,1-2H3. The van der Waals surface area contributed by atoms with Crippen molar-refractivity contribution >= 4 is 0 Å². The molecule has 0 heterocycles. The van der Waals surface area contributed by atoms with Gasteiger partial charge in [0.05, 0.1) is 6.10 Å². The summed E-state index contributed by atoms with van der Waals surface area (Å²) in [6.45, 7) is 4.20. The molecule has 1 N–H and O–H groups in total. The van der Waals surface area contributed by atoms with Crippen molar-refractivity contribution in [1.82, 2.24) is 0 Å². The summed E-state index contributed by atoms with van der Waals surface area (Å²) >= 11 is 0. The predicted octanol–water partition coefficient (Wildman–Crippen LogP) is 3.84. The summed E-state index contributed by atoms with van der Waals surface area (Å²) in [5.74, 6) is 0. The molecule has 0 aromatic heterocycles. The average molecular weight is 254 g/mol. The Bertz CT molecular complexity index is 531. The highest BCUT2D eigenvalue weighted by Gasteiger charge is 2.07. The number of rotatable bonds is 5. The Hall–Kier alpha value is -1.60. The molecule has 2 rings (SSSR count). The van der Waals surface area contributed by atoms with E-state index in [2.05, 4.69) is 50.2 Å². The highest BCUT2D eigenvalue weighted by molar-refractivity contribution is 5.26. The number of hydrogen-bond donors (Lipinski definition) is 1. The molecule has 0 saturated heterocycles. The van der Waals surface area contributed by atoms with Crippen LogP contribution >= 0.6 is 0 Å². The lowest BCUT2D eigenvalue weighted by molar-refractivity contribution is 0.165. The van der Waals surface area contributed by atoms with Crippen molar-refractivity contribution in [2.75, 3.05) is 0 Å². The topological polar surface area (TPSA) is 20.2 Å². The van der Waals surface area contributed by atoms with Gasteiger partial charge < -0.3 is 5.11 Å². The zero-order valence-electron chi connectivity index (χ0n) is 11.8. The lowest BCUT2D eigenvalue weighted by Gasteiger charge is -2.12. The Labute approximate surface area is 115 Å². The second-order valence-electron chi connectivity index (χ2n) is 5.31. The van der Waals surface area contributed by atoms with Gasteiger partial charge in [0.25, 0.3) is 0 Å². The quantitative estimate of drug-likeness (QED) is 0.859. The minimum atomic E-state index is -0.262. The van der Waals surface area contributed by atoms with E-state index >= 15 is 0 Å². The van der Waals surface area contributed by atoms with Gasteiger partial charge in [0.2, 0.25) is 0 Å². The van der Waals surface area contributed by atoms with Gasteiger partial charge in [-0.3, -0.25) is 0 Å². The summed E-state index contributed by atoms with van der Waals surface area (Å²) in [5, 5.41) is 10.2. The van der Waals surface area contributed by atoms with Gasteiger partial charge in [-0.15, -0.1) is 0 Å². The van der Waals surface area contributed by atoms with Gasteiger partial charge in [-0.1, -0.05) is 54.1 Å². The van der Waals surface area contributed by atoms with Gasteiger partial charge in [0, 0.05) is 0 Å². The maximum Gasteiger partial charge on any atom is 0.0583 e. The number of hydrogen-bond acceptors (Lipinski definition) is 1. The molecule has 2 aromatic rings. The molecule has 1 unspecified atom stereocenters. The van der Waals surface area contributed by atoms with Crippen LogP contribution in [0.5, 0.6) is 0 Å². The van der Waals surface area contributed by atoms with Crippen molar-refractivity contribution in [2.24, 2.45) is 0 Å². The van der Waals surface area contributed by atoms with Gasteiger partial charge in [0.15, 0.2) is 0 Å². The van der Waals surface area contributed by atoms with Gasteiger partial charge in [-0.05, 0) is 49.8 Å². The Balaban J connectivity index is 1.88. The smallest absolute Gasteiger partial charge is 0.0583 e. The van der Waals surface area contributed by atoms with Crippen LogP contribution in [0.25, 0.3) is 0 Å². The maximum absolute atomic E-state index is 10.2. The largest absolute Gasteiger partial charge is 0.393 e. The monoisotopic (exact) mass is 254 g/mol. The van der Waals surface area contributed by atoms with E-state index < -0.39 is 0 Å². The molecule has 0 amide bonds.